The van der Waals surface area contributed by atoms with Crippen molar-refractivity contribution in [1.29, 1.82) is 0 Å². The van der Waals surface area contributed by atoms with Crippen molar-refractivity contribution in [2.45, 2.75) is 12.5 Å². The molecule has 4 nitrogen and oxygen atoms in total. The van der Waals surface area contributed by atoms with Crippen LogP contribution in [0.2, 0.25) is 0 Å². The first-order valence-corrected chi connectivity index (χ1v) is 11.5. The largest absolute Gasteiger partial charge is 0.457 e. The summed E-state index contributed by atoms with van der Waals surface area (Å²) in [7, 11) is 2.08. The van der Waals surface area contributed by atoms with Gasteiger partial charge in [-0.15, -0.1) is 0 Å². The fraction of sp³-hybridized carbons (Fsp3) is 0.200. The van der Waals surface area contributed by atoms with E-state index in [4.69, 9.17) is 9.47 Å². The summed E-state index contributed by atoms with van der Waals surface area (Å²) in [5, 5.41) is 12.3. The van der Waals surface area contributed by atoms with Crippen molar-refractivity contribution in [2.24, 2.45) is 5.41 Å². The molecule has 0 spiro atoms. The van der Waals surface area contributed by atoms with Gasteiger partial charge in [-0.05, 0) is 66.7 Å². The molecular weight excluding hydrogens is 422 g/mol. The van der Waals surface area contributed by atoms with Crippen molar-refractivity contribution < 1.29 is 14.6 Å². The molecule has 172 valence electrons. The minimum atomic E-state index is -1.16. The molecule has 0 aromatic heterocycles. The highest BCUT2D eigenvalue weighted by Crippen LogP contribution is 2.50. The number of aliphatic hydroxyl groups is 1. The maximum Gasteiger partial charge on any atom is 0.127 e. The Balaban J connectivity index is 1.45. The summed E-state index contributed by atoms with van der Waals surface area (Å²) in [6.45, 7) is 3.75. The molecule has 0 aliphatic carbocycles. The van der Waals surface area contributed by atoms with Gasteiger partial charge in [-0.1, -0.05) is 67.6 Å². The van der Waals surface area contributed by atoms with E-state index >= 15 is 0 Å². The smallest absolute Gasteiger partial charge is 0.127 e. The third kappa shape index (κ3) is 4.18. The topological polar surface area (TPSA) is 41.9 Å². The molecule has 0 atom stereocenters. The standard InChI is InChI=1S/C30H29NO3/c1-29(21-31(2)22-29)30(32,23-13-17-27(18-14-23)33-25-9-5-3-6-10-25)24-15-19-28(20-16-24)34-26-11-7-4-8-12-26/h3-20,32H,21-22H2,1-2H3. The van der Waals surface area contributed by atoms with E-state index in [2.05, 4.69) is 18.9 Å². The average molecular weight is 452 g/mol. The van der Waals surface area contributed by atoms with Crippen molar-refractivity contribution in [3.63, 3.8) is 0 Å². The summed E-state index contributed by atoms with van der Waals surface area (Å²) in [6, 6.07) is 35.0. The van der Waals surface area contributed by atoms with Gasteiger partial charge in [0.2, 0.25) is 0 Å². The monoisotopic (exact) mass is 451 g/mol. The summed E-state index contributed by atoms with van der Waals surface area (Å²) >= 11 is 0. The number of nitrogens with zero attached hydrogens (tertiary/aromatic N) is 1. The van der Waals surface area contributed by atoms with E-state index in [0.717, 1.165) is 47.2 Å². The lowest BCUT2D eigenvalue weighted by atomic mass is 9.62. The van der Waals surface area contributed by atoms with E-state index in [1.807, 2.05) is 109 Å². The zero-order valence-electron chi connectivity index (χ0n) is 19.5. The number of hydrogen-bond acceptors (Lipinski definition) is 4. The van der Waals surface area contributed by atoms with E-state index in [9.17, 15) is 5.11 Å². The number of likely N-dealkylation sites (tertiary alicyclic amines) is 1. The summed E-state index contributed by atoms with van der Waals surface area (Å²) in [5.74, 6) is 3.04. The zero-order chi connectivity index (χ0) is 23.6. The lowest BCUT2D eigenvalue weighted by Gasteiger charge is -2.56. The van der Waals surface area contributed by atoms with Gasteiger partial charge in [0.25, 0.3) is 0 Å². The fourth-order valence-corrected chi connectivity index (χ4v) is 5.02. The molecule has 1 fully saturated rings. The molecule has 34 heavy (non-hydrogen) atoms. The molecule has 4 aromatic carbocycles. The van der Waals surface area contributed by atoms with Crippen LogP contribution in [0.4, 0.5) is 0 Å². The number of benzene rings is 4. The first-order chi connectivity index (χ1) is 16.5. The quantitative estimate of drug-likeness (QED) is 0.350. The molecule has 0 amide bonds. The van der Waals surface area contributed by atoms with Gasteiger partial charge < -0.3 is 19.5 Å². The second-order valence-electron chi connectivity index (χ2n) is 9.32. The van der Waals surface area contributed by atoms with Crippen LogP contribution in [-0.4, -0.2) is 30.1 Å². The lowest BCUT2D eigenvalue weighted by Crippen LogP contribution is -2.63. The van der Waals surface area contributed by atoms with Gasteiger partial charge in [0, 0.05) is 18.5 Å². The van der Waals surface area contributed by atoms with Crippen LogP contribution >= 0.6 is 0 Å². The number of rotatable bonds is 7. The Bertz CT molecular complexity index is 1130. The maximum absolute atomic E-state index is 12.3. The Morgan fingerprint density at radius 2 is 0.971 bits per heavy atom. The first kappa shape index (κ1) is 22.2. The fourth-order valence-electron chi connectivity index (χ4n) is 5.02. The molecule has 1 aliphatic rings. The third-order valence-corrected chi connectivity index (χ3v) is 6.61. The number of ether oxygens (including phenoxy) is 2. The van der Waals surface area contributed by atoms with Gasteiger partial charge in [-0.2, -0.15) is 0 Å². The Morgan fingerprint density at radius 1 is 0.618 bits per heavy atom. The summed E-state index contributed by atoms with van der Waals surface area (Å²) in [5.41, 5.74) is 0.210. The van der Waals surface area contributed by atoms with E-state index in [1.54, 1.807) is 0 Å². The highest BCUT2D eigenvalue weighted by atomic mass is 16.5. The van der Waals surface area contributed by atoms with Crippen molar-refractivity contribution in [3.05, 3.63) is 120 Å². The van der Waals surface area contributed by atoms with Gasteiger partial charge in [-0.3, -0.25) is 0 Å². The maximum atomic E-state index is 12.3. The van der Waals surface area contributed by atoms with Crippen molar-refractivity contribution in [3.8, 4) is 23.0 Å². The second kappa shape index (κ2) is 8.98. The van der Waals surface area contributed by atoms with E-state index in [0.29, 0.717) is 0 Å². The number of para-hydroxylation sites is 2. The Labute approximate surface area is 201 Å². The first-order valence-electron chi connectivity index (χ1n) is 11.5. The van der Waals surface area contributed by atoms with Crippen LogP contribution < -0.4 is 9.47 Å². The molecular formula is C30H29NO3. The minimum absolute atomic E-state index is 0.328. The van der Waals surface area contributed by atoms with Crippen molar-refractivity contribution >= 4 is 0 Å². The van der Waals surface area contributed by atoms with Crippen LogP contribution in [0.1, 0.15) is 18.1 Å². The van der Waals surface area contributed by atoms with Gasteiger partial charge in [0.05, 0.1) is 0 Å². The zero-order valence-corrected chi connectivity index (χ0v) is 19.5. The molecule has 1 aliphatic heterocycles. The molecule has 5 rings (SSSR count). The van der Waals surface area contributed by atoms with Crippen LogP contribution in [0.3, 0.4) is 0 Å². The van der Waals surface area contributed by atoms with Crippen LogP contribution in [-0.2, 0) is 5.60 Å². The SMILES string of the molecule is CN1CC(C)(C(O)(c2ccc(Oc3ccccc3)cc2)c2ccc(Oc3ccccc3)cc2)C1. The Kier molecular flexibility index (Phi) is 5.86. The third-order valence-electron chi connectivity index (χ3n) is 6.61. The summed E-state index contributed by atoms with van der Waals surface area (Å²) < 4.78 is 11.9. The van der Waals surface area contributed by atoms with Gasteiger partial charge in [-0.25, -0.2) is 0 Å². The highest BCUT2D eigenvalue weighted by molar-refractivity contribution is 5.45. The average Bonchev–Trinajstić information content (AvgIpc) is 2.85. The summed E-state index contributed by atoms with van der Waals surface area (Å²) in [4.78, 5) is 2.23. The number of hydrogen-bond donors (Lipinski definition) is 1. The normalized spacial score (nSPS) is 15.4. The molecule has 4 aromatic rings. The minimum Gasteiger partial charge on any atom is -0.457 e. The molecule has 0 saturated carbocycles. The molecule has 1 saturated heterocycles. The Morgan fingerprint density at radius 3 is 1.32 bits per heavy atom. The molecule has 0 radical (unpaired) electrons. The predicted octanol–water partition coefficient (Wildman–Crippen LogP) is 6.46. The lowest BCUT2D eigenvalue weighted by molar-refractivity contribution is -0.127. The molecule has 1 heterocycles. The van der Waals surface area contributed by atoms with Gasteiger partial charge in [0.1, 0.15) is 28.6 Å². The second-order valence-corrected chi connectivity index (χ2v) is 9.32. The van der Waals surface area contributed by atoms with Crippen LogP contribution in [0.25, 0.3) is 0 Å². The predicted molar refractivity (Wildman–Crippen MR) is 135 cm³/mol. The molecule has 1 N–H and O–H groups in total. The van der Waals surface area contributed by atoms with E-state index in [-0.39, 0.29) is 5.41 Å². The van der Waals surface area contributed by atoms with Crippen LogP contribution in [0.5, 0.6) is 23.0 Å². The molecule has 0 unspecified atom stereocenters. The molecule has 0 bridgehead atoms. The highest BCUT2D eigenvalue weighted by Gasteiger charge is 2.55. The van der Waals surface area contributed by atoms with Crippen molar-refractivity contribution in [1.82, 2.24) is 4.90 Å². The van der Waals surface area contributed by atoms with Gasteiger partial charge >= 0.3 is 0 Å². The van der Waals surface area contributed by atoms with Crippen LogP contribution in [0.15, 0.2) is 109 Å². The summed E-state index contributed by atoms with van der Waals surface area (Å²) in [6.07, 6.45) is 0. The Hall–Kier alpha value is -3.60. The van der Waals surface area contributed by atoms with Crippen molar-refractivity contribution in [2.75, 3.05) is 20.1 Å². The van der Waals surface area contributed by atoms with E-state index < -0.39 is 5.60 Å². The van der Waals surface area contributed by atoms with E-state index in [1.165, 1.54) is 0 Å². The van der Waals surface area contributed by atoms with Gasteiger partial charge in [0.15, 0.2) is 0 Å². The van der Waals surface area contributed by atoms with Crippen LogP contribution in [0, 0.1) is 5.41 Å². The molecule has 4 heteroatoms.